The van der Waals surface area contributed by atoms with Crippen molar-refractivity contribution in [1.82, 2.24) is 5.32 Å². The summed E-state index contributed by atoms with van der Waals surface area (Å²) in [6.45, 7) is 7.50. The molecule has 88 valence electrons. The van der Waals surface area contributed by atoms with Crippen molar-refractivity contribution in [1.29, 1.82) is 0 Å². The topological polar surface area (TPSA) is 38.3 Å². The molecule has 1 atom stereocenters. The fourth-order valence-electron chi connectivity index (χ4n) is 1.99. The molecule has 0 bridgehead atoms. The molecule has 3 nitrogen and oxygen atoms in total. The summed E-state index contributed by atoms with van der Waals surface area (Å²) in [5, 5.41) is 3.51. The van der Waals surface area contributed by atoms with Crippen molar-refractivity contribution in [3.05, 3.63) is 0 Å². The number of methoxy groups -OCH3 is 1. The van der Waals surface area contributed by atoms with Crippen LogP contribution in [-0.2, 0) is 9.53 Å². The van der Waals surface area contributed by atoms with Crippen molar-refractivity contribution in [3.8, 4) is 0 Å². The minimum absolute atomic E-state index is 0.101. The molecule has 1 fully saturated rings. The van der Waals surface area contributed by atoms with Crippen LogP contribution in [0.1, 0.15) is 46.5 Å². The van der Waals surface area contributed by atoms with Crippen LogP contribution in [0.25, 0.3) is 0 Å². The lowest BCUT2D eigenvalue weighted by Gasteiger charge is -2.36. The first-order valence-corrected chi connectivity index (χ1v) is 5.79. The van der Waals surface area contributed by atoms with E-state index in [1.54, 1.807) is 0 Å². The van der Waals surface area contributed by atoms with E-state index in [-0.39, 0.29) is 16.9 Å². The number of carbonyl (C=O) groups excluding carboxylic acids is 1. The first kappa shape index (κ1) is 12.5. The first-order valence-electron chi connectivity index (χ1n) is 5.79. The second-order valence-electron chi connectivity index (χ2n) is 5.07. The SMILES string of the molecule is CCCNC(C)(CC(=O)OC)C1(C)CC1. The van der Waals surface area contributed by atoms with Gasteiger partial charge in [-0.15, -0.1) is 0 Å². The van der Waals surface area contributed by atoms with Gasteiger partial charge in [0.25, 0.3) is 0 Å². The van der Waals surface area contributed by atoms with E-state index in [9.17, 15) is 4.79 Å². The van der Waals surface area contributed by atoms with Crippen LogP contribution in [0.5, 0.6) is 0 Å². The maximum absolute atomic E-state index is 11.4. The lowest BCUT2D eigenvalue weighted by molar-refractivity contribution is -0.143. The largest absolute Gasteiger partial charge is 0.469 e. The summed E-state index contributed by atoms with van der Waals surface area (Å²) in [5.74, 6) is -0.116. The molecule has 1 aliphatic rings. The number of rotatable bonds is 6. The summed E-state index contributed by atoms with van der Waals surface area (Å²) in [4.78, 5) is 11.4. The summed E-state index contributed by atoms with van der Waals surface area (Å²) < 4.78 is 4.77. The maximum Gasteiger partial charge on any atom is 0.307 e. The lowest BCUT2D eigenvalue weighted by atomic mass is 9.81. The summed E-state index contributed by atoms with van der Waals surface area (Å²) in [6, 6.07) is 0. The van der Waals surface area contributed by atoms with Crippen LogP contribution >= 0.6 is 0 Å². The minimum atomic E-state index is -0.116. The predicted octanol–water partition coefficient (Wildman–Crippen LogP) is 2.11. The number of hydrogen-bond donors (Lipinski definition) is 1. The van der Waals surface area contributed by atoms with Crippen LogP contribution < -0.4 is 5.32 Å². The molecular formula is C12H23NO2. The van der Waals surface area contributed by atoms with Crippen molar-refractivity contribution in [2.45, 2.75) is 52.0 Å². The Balaban J connectivity index is 2.63. The molecule has 1 rings (SSSR count). The molecule has 0 aromatic heterocycles. The van der Waals surface area contributed by atoms with Gasteiger partial charge in [-0.25, -0.2) is 0 Å². The van der Waals surface area contributed by atoms with Gasteiger partial charge in [-0.3, -0.25) is 4.79 Å². The minimum Gasteiger partial charge on any atom is -0.469 e. The van der Waals surface area contributed by atoms with Gasteiger partial charge in [0, 0.05) is 5.54 Å². The number of esters is 1. The molecule has 0 aromatic rings. The molecule has 1 saturated carbocycles. The van der Waals surface area contributed by atoms with Crippen LogP contribution in [0.4, 0.5) is 0 Å². The third-order valence-corrected chi connectivity index (χ3v) is 3.82. The number of ether oxygens (including phenoxy) is 1. The molecule has 0 aromatic carbocycles. The van der Waals surface area contributed by atoms with Crippen LogP contribution in [-0.4, -0.2) is 25.2 Å². The van der Waals surface area contributed by atoms with Gasteiger partial charge in [0.15, 0.2) is 0 Å². The van der Waals surface area contributed by atoms with Gasteiger partial charge in [-0.1, -0.05) is 13.8 Å². The summed E-state index contributed by atoms with van der Waals surface area (Å²) >= 11 is 0. The molecule has 0 saturated heterocycles. The molecule has 1 unspecified atom stereocenters. The van der Waals surface area contributed by atoms with E-state index in [4.69, 9.17) is 4.74 Å². The van der Waals surface area contributed by atoms with Crippen LogP contribution in [0, 0.1) is 5.41 Å². The van der Waals surface area contributed by atoms with Gasteiger partial charge in [-0.2, -0.15) is 0 Å². The van der Waals surface area contributed by atoms with E-state index in [1.165, 1.54) is 20.0 Å². The Hall–Kier alpha value is -0.570. The third kappa shape index (κ3) is 2.71. The highest BCUT2D eigenvalue weighted by atomic mass is 16.5. The smallest absolute Gasteiger partial charge is 0.307 e. The highest BCUT2D eigenvalue weighted by molar-refractivity contribution is 5.71. The standard InChI is InChI=1S/C12H23NO2/c1-5-8-13-12(3,9-10(14)15-4)11(2)6-7-11/h13H,5-9H2,1-4H3. The molecule has 3 heteroatoms. The molecule has 0 amide bonds. The zero-order valence-electron chi connectivity index (χ0n) is 10.4. The third-order valence-electron chi connectivity index (χ3n) is 3.82. The highest BCUT2D eigenvalue weighted by Crippen LogP contribution is 2.54. The van der Waals surface area contributed by atoms with Gasteiger partial charge >= 0.3 is 5.97 Å². The van der Waals surface area contributed by atoms with Gasteiger partial charge in [0.2, 0.25) is 0 Å². The monoisotopic (exact) mass is 213 g/mol. The Labute approximate surface area is 92.6 Å². The van der Waals surface area contributed by atoms with Crippen LogP contribution in [0.3, 0.4) is 0 Å². The fourth-order valence-corrected chi connectivity index (χ4v) is 1.99. The number of nitrogens with one attached hydrogen (secondary N) is 1. The summed E-state index contributed by atoms with van der Waals surface area (Å²) in [5.41, 5.74) is 0.173. The van der Waals surface area contributed by atoms with Gasteiger partial charge < -0.3 is 10.1 Å². The van der Waals surface area contributed by atoms with Crippen molar-refractivity contribution >= 4 is 5.97 Å². The van der Waals surface area contributed by atoms with Gasteiger partial charge in [0.1, 0.15) is 0 Å². The van der Waals surface area contributed by atoms with Crippen molar-refractivity contribution in [2.24, 2.45) is 5.41 Å². The van der Waals surface area contributed by atoms with E-state index in [0.717, 1.165) is 13.0 Å². The molecule has 0 radical (unpaired) electrons. The Kier molecular flexibility index (Phi) is 3.77. The summed E-state index contributed by atoms with van der Waals surface area (Å²) in [7, 11) is 1.46. The highest BCUT2D eigenvalue weighted by Gasteiger charge is 2.53. The normalized spacial score (nSPS) is 21.9. The van der Waals surface area contributed by atoms with Gasteiger partial charge in [0.05, 0.1) is 13.5 Å². The van der Waals surface area contributed by atoms with Crippen molar-refractivity contribution in [2.75, 3.05) is 13.7 Å². The zero-order chi connectivity index (χ0) is 11.5. The van der Waals surface area contributed by atoms with Crippen molar-refractivity contribution in [3.63, 3.8) is 0 Å². The van der Waals surface area contributed by atoms with Crippen molar-refractivity contribution < 1.29 is 9.53 Å². The predicted molar refractivity (Wildman–Crippen MR) is 60.7 cm³/mol. The molecular weight excluding hydrogens is 190 g/mol. The van der Waals surface area contributed by atoms with E-state index in [1.807, 2.05) is 0 Å². The van der Waals surface area contributed by atoms with E-state index in [2.05, 4.69) is 26.1 Å². The van der Waals surface area contributed by atoms with E-state index in [0.29, 0.717) is 6.42 Å². The molecule has 15 heavy (non-hydrogen) atoms. The molecule has 1 N–H and O–H groups in total. The lowest BCUT2D eigenvalue weighted by Crippen LogP contribution is -2.51. The molecule has 1 aliphatic carbocycles. The molecule has 0 heterocycles. The Morgan fingerprint density at radius 3 is 2.53 bits per heavy atom. The van der Waals surface area contributed by atoms with Gasteiger partial charge in [-0.05, 0) is 38.1 Å². The van der Waals surface area contributed by atoms with Crippen LogP contribution in [0.15, 0.2) is 0 Å². The van der Waals surface area contributed by atoms with E-state index >= 15 is 0 Å². The van der Waals surface area contributed by atoms with Crippen LogP contribution in [0.2, 0.25) is 0 Å². The Morgan fingerprint density at radius 2 is 2.13 bits per heavy atom. The Morgan fingerprint density at radius 1 is 1.53 bits per heavy atom. The Bertz CT molecular complexity index is 236. The number of hydrogen-bond acceptors (Lipinski definition) is 3. The average Bonchev–Trinajstić information content (AvgIpc) is 2.95. The average molecular weight is 213 g/mol. The fraction of sp³-hybridized carbons (Fsp3) is 0.917. The van der Waals surface area contributed by atoms with E-state index < -0.39 is 0 Å². The second-order valence-corrected chi connectivity index (χ2v) is 5.07. The second kappa shape index (κ2) is 4.52. The molecule has 0 aliphatic heterocycles. The zero-order valence-corrected chi connectivity index (χ0v) is 10.4. The maximum atomic E-state index is 11.4. The summed E-state index contributed by atoms with van der Waals surface area (Å²) in [6.07, 6.45) is 3.97. The number of carbonyl (C=O) groups is 1. The first-order chi connectivity index (χ1) is 6.97. The molecule has 0 spiro atoms. The quantitative estimate of drug-likeness (QED) is 0.687.